The van der Waals surface area contributed by atoms with E-state index < -0.39 is 0 Å². The number of hydrogen-bond donors (Lipinski definition) is 3. The number of halogens is 2. The van der Waals surface area contributed by atoms with Crippen LogP contribution >= 0.6 is 24.0 Å². The predicted octanol–water partition coefficient (Wildman–Crippen LogP) is 4.24. The molecule has 3 N–H and O–H groups in total. The van der Waals surface area contributed by atoms with Gasteiger partial charge in [0.25, 0.3) is 0 Å². The van der Waals surface area contributed by atoms with Crippen molar-refractivity contribution in [3.8, 4) is 11.5 Å². The van der Waals surface area contributed by atoms with Gasteiger partial charge in [-0.3, -0.25) is 4.99 Å². The van der Waals surface area contributed by atoms with E-state index in [2.05, 4.69) is 20.6 Å². The zero-order valence-corrected chi connectivity index (χ0v) is 19.8. The molecular weight excluding hydrogens is 498 g/mol. The van der Waals surface area contributed by atoms with Gasteiger partial charge in [-0.05, 0) is 54.8 Å². The van der Waals surface area contributed by atoms with Gasteiger partial charge in [-0.25, -0.2) is 4.39 Å². The summed E-state index contributed by atoms with van der Waals surface area (Å²) >= 11 is 0. The van der Waals surface area contributed by atoms with Crippen LogP contribution in [0, 0.1) is 5.82 Å². The molecule has 0 aliphatic heterocycles. The Balaban J connectivity index is 0.00000320. The van der Waals surface area contributed by atoms with Crippen LogP contribution in [0.25, 0.3) is 10.9 Å². The van der Waals surface area contributed by atoms with Crippen LogP contribution in [0.2, 0.25) is 0 Å². The van der Waals surface area contributed by atoms with Crippen molar-refractivity contribution in [3.63, 3.8) is 0 Å². The maximum atomic E-state index is 13.3. The number of nitrogens with one attached hydrogen (secondary N) is 3. The molecule has 0 aliphatic rings. The van der Waals surface area contributed by atoms with Gasteiger partial charge < -0.3 is 25.1 Å². The third-order valence-electron chi connectivity index (χ3n) is 4.63. The van der Waals surface area contributed by atoms with Gasteiger partial charge in [0.2, 0.25) is 0 Å². The molecule has 162 valence electrons. The van der Waals surface area contributed by atoms with Gasteiger partial charge in [-0.15, -0.1) is 24.0 Å². The number of fused-ring (bicyclic) bond motifs is 1. The number of aromatic nitrogens is 1. The third kappa shape index (κ3) is 6.01. The number of rotatable bonds is 8. The average Bonchev–Trinajstić information content (AvgIpc) is 3.13. The fraction of sp³-hybridized carbons (Fsp3) is 0.318. The number of methoxy groups -OCH3 is 1. The molecule has 6 nitrogen and oxygen atoms in total. The highest BCUT2D eigenvalue weighted by Crippen LogP contribution is 2.28. The first-order chi connectivity index (χ1) is 14.1. The van der Waals surface area contributed by atoms with Crippen LogP contribution < -0.4 is 20.1 Å². The molecule has 3 rings (SSSR count). The summed E-state index contributed by atoms with van der Waals surface area (Å²) in [6.07, 6.45) is 2.72. The third-order valence-corrected chi connectivity index (χ3v) is 4.63. The Kier molecular flexibility index (Phi) is 9.22. The van der Waals surface area contributed by atoms with Gasteiger partial charge in [0.05, 0.1) is 13.7 Å². The quantitative estimate of drug-likeness (QED) is 0.233. The average molecular weight is 526 g/mol. The lowest BCUT2D eigenvalue weighted by atomic mass is 10.1. The first-order valence-corrected chi connectivity index (χ1v) is 9.64. The summed E-state index contributed by atoms with van der Waals surface area (Å²) in [6, 6.07) is 10.7. The molecule has 3 aromatic rings. The van der Waals surface area contributed by atoms with Crippen molar-refractivity contribution in [2.24, 2.45) is 4.99 Å². The van der Waals surface area contributed by atoms with Crippen LogP contribution in [0.1, 0.15) is 18.1 Å². The molecule has 1 aromatic heterocycles. The Morgan fingerprint density at radius 3 is 2.70 bits per heavy atom. The number of nitrogens with zero attached hydrogens (tertiary/aromatic N) is 1. The van der Waals surface area contributed by atoms with Gasteiger partial charge in [0, 0.05) is 37.2 Å². The van der Waals surface area contributed by atoms with Gasteiger partial charge in [-0.1, -0.05) is 6.07 Å². The topological polar surface area (TPSA) is 70.7 Å². The van der Waals surface area contributed by atoms with Crippen molar-refractivity contribution in [2.45, 2.75) is 19.9 Å². The number of ether oxygens (including phenoxy) is 2. The van der Waals surface area contributed by atoms with E-state index in [0.717, 1.165) is 34.2 Å². The van der Waals surface area contributed by atoms with Crippen LogP contribution in [0.15, 0.2) is 47.6 Å². The Labute approximate surface area is 193 Å². The Morgan fingerprint density at radius 2 is 1.97 bits per heavy atom. The first kappa shape index (κ1) is 23.8. The fourth-order valence-electron chi connectivity index (χ4n) is 3.18. The molecular formula is C22H28FIN4O2. The summed E-state index contributed by atoms with van der Waals surface area (Å²) in [4.78, 5) is 7.38. The molecule has 0 atom stereocenters. The zero-order chi connectivity index (χ0) is 20.6. The van der Waals surface area contributed by atoms with Crippen LogP contribution in [-0.4, -0.2) is 38.3 Å². The highest BCUT2D eigenvalue weighted by molar-refractivity contribution is 14.0. The Hall–Kier alpha value is -2.49. The van der Waals surface area contributed by atoms with E-state index in [9.17, 15) is 4.39 Å². The standard InChI is InChI=1S/C22H27FN4O2.HI/c1-4-29-20-8-5-15(11-21(20)28-3)13-27-22(24-2)25-10-9-16-14-26-19-12-17(23)6-7-18(16)19;/h5-8,11-12,14,26H,4,9-10,13H2,1-3H3,(H2,24,25,27);1H. The van der Waals surface area contributed by atoms with Crippen molar-refractivity contribution in [1.82, 2.24) is 15.6 Å². The maximum Gasteiger partial charge on any atom is 0.191 e. The summed E-state index contributed by atoms with van der Waals surface area (Å²) in [5.41, 5.74) is 3.01. The van der Waals surface area contributed by atoms with E-state index in [4.69, 9.17) is 9.47 Å². The molecule has 0 unspecified atom stereocenters. The lowest BCUT2D eigenvalue weighted by molar-refractivity contribution is 0.310. The first-order valence-electron chi connectivity index (χ1n) is 9.64. The molecule has 1 heterocycles. The summed E-state index contributed by atoms with van der Waals surface area (Å²) in [6.45, 7) is 3.85. The molecule has 0 radical (unpaired) electrons. The predicted molar refractivity (Wildman–Crippen MR) is 130 cm³/mol. The smallest absolute Gasteiger partial charge is 0.191 e. The van der Waals surface area contributed by atoms with E-state index in [-0.39, 0.29) is 29.8 Å². The largest absolute Gasteiger partial charge is 0.493 e. The van der Waals surface area contributed by atoms with E-state index in [1.54, 1.807) is 14.2 Å². The minimum absolute atomic E-state index is 0. The van der Waals surface area contributed by atoms with E-state index in [1.807, 2.05) is 37.4 Å². The molecule has 0 spiro atoms. The number of benzene rings is 2. The zero-order valence-electron chi connectivity index (χ0n) is 17.4. The van der Waals surface area contributed by atoms with Crippen molar-refractivity contribution in [1.29, 1.82) is 0 Å². The minimum atomic E-state index is -0.237. The molecule has 0 bridgehead atoms. The molecule has 0 saturated heterocycles. The normalized spacial score (nSPS) is 11.1. The molecule has 0 amide bonds. The Bertz CT molecular complexity index is 990. The van der Waals surface area contributed by atoms with Gasteiger partial charge in [0.15, 0.2) is 17.5 Å². The molecule has 0 saturated carbocycles. The number of aromatic amines is 1. The minimum Gasteiger partial charge on any atom is -0.493 e. The second kappa shape index (κ2) is 11.6. The fourth-order valence-corrected chi connectivity index (χ4v) is 3.18. The number of aliphatic imine (C=N–C) groups is 1. The summed E-state index contributed by atoms with van der Waals surface area (Å²) in [5.74, 6) is 1.92. The lowest BCUT2D eigenvalue weighted by Gasteiger charge is -2.14. The van der Waals surface area contributed by atoms with Crippen LogP contribution in [0.3, 0.4) is 0 Å². The summed E-state index contributed by atoms with van der Waals surface area (Å²) in [7, 11) is 3.37. The molecule has 0 fully saturated rings. The second-order valence-corrected chi connectivity index (χ2v) is 6.52. The second-order valence-electron chi connectivity index (χ2n) is 6.52. The number of guanidine groups is 1. The van der Waals surface area contributed by atoms with Crippen molar-refractivity contribution < 1.29 is 13.9 Å². The highest BCUT2D eigenvalue weighted by atomic mass is 127. The molecule has 0 aliphatic carbocycles. The van der Waals surface area contributed by atoms with Crippen LogP contribution in [0.5, 0.6) is 11.5 Å². The molecule has 2 aromatic carbocycles. The molecule has 8 heteroatoms. The van der Waals surface area contributed by atoms with Crippen molar-refractivity contribution in [3.05, 3.63) is 59.5 Å². The summed E-state index contributed by atoms with van der Waals surface area (Å²) < 4.78 is 24.3. The van der Waals surface area contributed by atoms with E-state index >= 15 is 0 Å². The van der Waals surface area contributed by atoms with Gasteiger partial charge >= 0.3 is 0 Å². The number of H-pyrrole nitrogens is 1. The van der Waals surface area contributed by atoms with Crippen molar-refractivity contribution >= 4 is 40.8 Å². The lowest BCUT2D eigenvalue weighted by Crippen LogP contribution is -2.37. The monoisotopic (exact) mass is 526 g/mol. The molecule has 30 heavy (non-hydrogen) atoms. The van der Waals surface area contributed by atoms with Gasteiger partial charge in [-0.2, -0.15) is 0 Å². The summed E-state index contributed by atoms with van der Waals surface area (Å²) in [5, 5.41) is 7.65. The SMILES string of the molecule is CCOc1ccc(CNC(=NC)NCCc2c[nH]c3cc(F)ccc23)cc1OC.I. The Morgan fingerprint density at radius 1 is 1.13 bits per heavy atom. The van der Waals surface area contributed by atoms with Crippen LogP contribution in [0.4, 0.5) is 4.39 Å². The number of hydrogen-bond acceptors (Lipinski definition) is 3. The van der Waals surface area contributed by atoms with E-state index in [1.165, 1.54) is 12.1 Å². The van der Waals surface area contributed by atoms with Crippen molar-refractivity contribution in [2.75, 3.05) is 27.3 Å². The highest BCUT2D eigenvalue weighted by Gasteiger charge is 2.07. The van der Waals surface area contributed by atoms with Gasteiger partial charge in [0.1, 0.15) is 5.82 Å². The van der Waals surface area contributed by atoms with E-state index in [0.29, 0.717) is 31.4 Å². The maximum absolute atomic E-state index is 13.3. The van der Waals surface area contributed by atoms with Crippen LogP contribution in [-0.2, 0) is 13.0 Å².